The van der Waals surface area contributed by atoms with Gasteiger partial charge in [-0.05, 0) is 47.5 Å². The predicted molar refractivity (Wildman–Crippen MR) is 154 cm³/mol. The maximum Gasteiger partial charge on any atom is 0.122 e. The van der Waals surface area contributed by atoms with Gasteiger partial charge in [-0.2, -0.15) is 4.80 Å². The summed E-state index contributed by atoms with van der Waals surface area (Å²) < 4.78 is 0. The monoisotopic (exact) mass is 512 g/mol. The molecule has 0 atom stereocenters. The third-order valence-electron chi connectivity index (χ3n) is 6.29. The Labute approximate surface area is 222 Å². The zero-order chi connectivity index (χ0) is 24.6. The van der Waals surface area contributed by atoms with Crippen LogP contribution in [0.3, 0.4) is 0 Å². The fourth-order valence-corrected chi connectivity index (χ4v) is 6.54. The zero-order valence-corrected chi connectivity index (χ0v) is 21.3. The second-order valence-electron chi connectivity index (χ2n) is 8.61. The number of thiophene rings is 2. The Kier molecular flexibility index (Phi) is 5.46. The highest BCUT2D eigenvalue weighted by molar-refractivity contribution is 7.19. The van der Waals surface area contributed by atoms with Gasteiger partial charge in [-0.1, -0.05) is 72.8 Å². The van der Waals surface area contributed by atoms with Crippen LogP contribution >= 0.6 is 22.7 Å². The van der Waals surface area contributed by atoms with E-state index in [-0.39, 0.29) is 0 Å². The van der Waals surface area contributed by atoms with Crippen molar-refractivity contribution in [2.75, 3.05) is 0 Å². The first-order valence-electron chi connectivity index (χ1n) is 12.0. The summed E-state index contributed by atoms with van der Waals surface area (Å²) in [7, 11) is 0. The van der Waals surface area contributed by atoms with Crippen molar-refractivity contribution in [1.29, 1.82) is 0 Å². The summed E-state index contributed by atoms with van der Waals surface area (Å²) in [4.78, 5) is 10.7. The van der Waals surface area contributed by atoms with Gasteiger partial charge in [0.2, 0.25) is 0 Å². The van der Waals surface area contributed by atoms with Gasteiger partial charge in [0.15, 0.2) is 0 Å². The van der Waals surface area contributed by atoms with E-state index in [9.17, 15) is 0 Å². The topological polar surface area (TPSA) is 43.6 Å². The van der Waals surface area contributed by atoms with Crippen molar-refractivity contribution in [2.24, 2.45) is 0 Å². The maximum absolute atomic E-state index is 4.98. The van der Waals surface area contributed by atoms with E-state index in [4.69, 9.17) is 10.2 Å². The third kappa shape index (κ3) is 4.06. The Morgan fingerprint density at radius 3 is 1.41 bits per heavy atom. The molecular weight excluding hydrogens is 493 g/mol. The molecule has 0 saturated heterocycles. The lowest BCUT2D eigenvalue weighted by atomic mass is 10.1. The normalized spacial score (nSPS) is 11.2. The quantitative estimate of drug-likeness (QED) is 0.232. The first-order chi connectivity index (χ1) is 18.3. The number of nitrogens with zero attached hydrogens (tertiary/aromatic N) is 4. The van der Waals surface area contributed by atoms with E-state index in [2.05, 4.69) is 89.9 Å². The van der Waals surface area contributed by atoms with Crippen LogP contribution in [0.25, 0.3) is 58.5 Å². The van der Waals surface area contributed by atoms with E-state index in [1.807, 2.05) is 24.3 Å². The van der Waals surface area contributed by atoms with Crippen LogP contribution in [0.15, 0.2) is 122 Å². The van der Waals surface area contributed by atoms with Gasteiger partial charge >= 0.3 is 0 Å². The fourth-order valence-electron chi connectivity index (χ4n) is 4.46. The van der Waals surface area contributed by atoms with E-state index in [1.54, 1.807) is 39.9 Å². The predicted octanol–water partition coefficient (Wildman–Crippen LogP) is 8.61. The van der Waals surface area contributed by atoms with E-state index in [0.29, 0.717) is 0 Å². The van der Waals surface area contributed by atoms with Gasteiger partial charge in [0.1, 0.15) is 11.0 Å². The van der Waals surface area contributed by atoms with Crippen molar-refractivity contribution in [2.45, 2.75) is 0 Å². The molecule has 0 saturated carbocycles. The van der Waals surface area contributed by atoms with Crippen LogP contribution in [-0.4, -0.2) is 20.0 Å². The summed E-state index contributed by atoms with van der Waals surface area (Å²) in [6.45, 7) is 0. The second-order valence-corrected chi connectivity index (χ2v) is 10.8. The minimum Gasteiger partial charge on any atom is -0.265 e. The number of rotatable bonds is 5. The molecule has 0 bridgehead atoms. The number of benzene rings is 3. The Balaban J connectivity index is 1.38. The van der Waals surface area contributed by atoms with Gasteiger partial charge in [0, 0.05) is 43.0 Å². The van der Waals surface area contributed by atoms with Crippen molar-refractivity contribution in [1.82, 2.24) is 20.0 Å². The fraction of sp³-hybridized carbons (Fsp3) is 0. The molecule has 3 aromatic carbocycles. The summed E-state index contributed by atoms with van der Waals surface area (Å²) in [5.41, 5.74) is 7.29. The van der Waals surface area contributed by atoms with E-state index < -0.39 is 0 Å². The Hall–Kier alpha value is -4.39. The maximum atomic E-state index is 4.98. The van der Waals surface area contributed by atoms with E-state index in [0.717, 1.165) is 27.8 Å². The summed E-state index contributed by atoms with van der Waals surface area (Å²) >= 11 is 3.56. The standard InChI is InChI=1S/C31H20N4S2/c1-3-7-21(8-4-1)26-13-15-28(36-26)24-11-12-25(29-16-14-27(37-29)22-9-5-2-6-10-22)31-30(24)33-35(34-31)23-17-19-32-20-18-23/h1-20H. The lowest BCUT2D eigenvalue weighted by Gasteiger charge is -2.03. The highest BCUT2D eigenvalue weighted by atomic mass is 32.1. The molecule has 0 spiro atoms. The molecule has 0 fully saturated rings. The third-order valence-corrected chi connectivity index (χ3v) is 8.63. The summed E-state index contributed by atoms with van der Waals surface area (Å²) in [5.74, 6) is 0. The lowest BCUT2D eigenvalue weighted by Crippen LogP contribution is -1.98. The van der Waals surface area contributed by atoms with Crippen molar-refractivity contribution < 1.29 is 0 Å². The van der Waals surface area contributed by atoms with Gasteiger partial charge in [-0.3, -0.25) is 4.98 Å². The zero-order valence-electron chi connectivity index (χ0n) is 19.7. The van der Waals surface area contributed by atoms with Crippen molar-refractivity contribution in [3.05, 3.63) is 122 Å². The molecule has 0 aliphatic carbocycles. The Morgan fingerprint density at radius 2 is 0.919 bits per heavy atom. The van der Waals surface area contributed by atoms with Gasteiger partial charge < -0.3 is 0 Å². The van der Waals surface area contributed by atoms with E-state index in [1.165, 1.54) is 30.6 Å². The molecule has 7 rings (SSSR count). The minimum absolute atomic E-state index is 0.885. The van der Waals surface area contributed by atoms with Crippen LogP contribution in [0.4, 0.5) is 0 Å². The summed E-state index contributed by atoms with van der Waals surface area (Å²) in [5, 5.41) is 9.96. The molecule has 4 nitrogen and oxygen atoms in total. The van der Waals surface area contributed by atoms with Crippen molar-refractivity contribution in [3.63, 3.8) is 0 Å². The molecule has 0 N–H and O–H groups in total. The van der Waals surface area contributed by atoms with Gasteiger partial charge in [-0.25, -0.2) is 0 Å². The molecule has 4 heterocycles. The number of pyridine rings is 1. The molecule has 7 aromatic rings. The van der Waals surface area contributed by atoms with Crippen LogP contribution in [0.1, 0.15) is 0 Å². The summed E-state index contributed by atoms with van der Waals surface area (Å²) in [6, 6.07) is 38.0. The smallest absolute Gasteiger partial charge is 0.122 e. The van der Waals surface area contributed by atoms with Gasteiger partial charge in [0.25, 0.3) is 0 Å². The van der Waals surface area contributed by atoms with Crippen LogP contribution in [0.2, 0.25) is 0 Å². The van der Waals surface area contributed by atoms with Crippen LogP contribution in [0, 0.1) is 0 Å². The SMILES string of the molecule is c1ccc(-c2ccc(-c3ccc(-c4ccc(-c5ccccc5)s4)c4nn(-c5ccncc5)nc34)s2)cc1. The van der Waals surface area contributed by atoms with Crippen LogP contribution < -0.4 is 0 Å². The van der Waals surface area contributed by atoms with Crippen molar-refractivity contribution >= 4 is 33.7 Å². The lowest BCUT2D eigenvalue weighted by molar-refractivity contribution is 0.764. The number of fused-ring (bicyclic) bond motifs is 1. The van der Waals surface area contributed by atoms with Crippen LogP contribution in [0.5, 0.6) is 0 Å². The molecule has 0 aliphatic heterocycles. The van der Waals surface area contributed by atoms with Crippen LogP contribution in [-0.2, 0) is 0 Å². The first kappa shape index (κ1) is 21.9. The molecule has 0 unspecified atom stereocenters. The molecule has 0 radical (unpaired) electrons. The average Bonchev–Trinajstić information content (AvgIpc) is 3.74. The number of hydrogen-bond acceptors (Lipinski definition) is 5. The number of aromatic nitrogens is 4. The average molecular weight is 513 g/mol. The first-order valence-corrected chi connectivity index (χ1v) is 13.6. The molecular formula is C31H20N4S2. The molecule has 176 valence electrons. The molecule has 4 aromatic heterocycles. The summed E-state index contributed by atoms with van der Waals surface area (Å²) in [6.07, 6.45) is 3.53. The minimum atomic E-state index is 0.885. The number of hydrogen-bond donors (Lipinski definition) is 0. The second kappa shape index (κ2) is 9.24. The Bertz CT molecular complexity index is 1700. The molecule has 0 amide bonds. The highest BCUT2D eigenvalue weighted by Gasteiger charge is 2.18. The highest BCUT2D eigenvalue weighted by Crippen LogP contribution is 2.42. The van der Waals surface area contributed by atoms with Gasteiger partial charge in [-0.15, -0.1) is 32.9 Å². The van der Waals surface area contributed by atoms with Crippen molar-refractivity contribution in [3.8, 4) is 47.4 Å². The molecule has 37 heavy (non-hydrogen) atoms. The van der Waals surface area contributed by atoms with E-state index >= 15 is 0 Å². The van der Waals surface area contributed by atoms with Gasteiger partial charge in [0.05, 0.1) is 5.69 Å². The largest absolute Gasteiger partial charge is 0.265 e. The molecule has 0 aliphatic rings. The Morgan fingerprint density at radius 1 is 0.459 bits per heavy atom. The molecule has 6 heteroatoms.